The van der Waals surface area contributed by atoms with Gasteiger partial charge in [0.1, 0.15) is 5.03 Å². The van der Waals surface area contributed by atoms with E-state index in [4.69, 9.17) is 10.1 Å². The smallest absolute Gasteiger partial charge is 0.126 e. The quantitative estimate of drug-likeness (QED) is 0.344. The monoisotopic (exact) mass is 275 g/mol. The summed E-state index contributed by atoms with van der Waals surface area (Å²) in [5.74, 6) is 1.34. The summed E-state index contributed by atoms with van der Waals surface area (Å²) in [5.41, 5.74) is 1.50. The number of nitrogens with zero attached hydrogens (tertiary/aromatic N) is 1. The number of nitro groups is 1. The first-order valence-corrected chi connectivity index (χ1v) is 4.69. The number of rotatable bonds is 1. The number of hydrogen-bond donors (Lipinski definition) is 1. The van der Waals surface area contributed by atoms with Gasteiger partial charge in [0.15, 0.2) is 0 Å². The Labute approximate surface area is 116 Å². The van der Waals surface area contributed by atoms with E-state index >= 15 is 0 Å². The topological polar surface area (TPSA) is 55.2 Å². The molecule has 2 aliphatic carbocycles. The van der Waals surface area contributed by atoms with Crippen LogP contribution in [0.3, 0.4) is 0 Å². The second-order valence-corrected chi connectivity index (χ2v) is 2.84. The SMILES string of the molecule is C[C]1[CH][CH][CH][CH]1.[CH2-]N[N+](=O)[O-].[CH]1[CH][CH][CH][CH]1.[Fe]. The Morgan fingerprint density at radius 3 is 1.47 bits per heavy atom. The van der Waals surface area contributed by atoms with E-state index in [1.807, 2.05) is 44.9 Å². The number of hydrogen-bond acceptors (Lipinski definition) is 2. The van der Waals surface area contributed by atoms with Gasteiger partial charge in [-0.2, -0.15) is 7.05 Å². The molecule has 2 rings (SSSR count). The van der Waals surface area contributed by atoms with Gasteiger partial charge in [0.05, 0.1) is 0 Å². The zero-order valence-corrected chi connectivity index (χ0v) is 10.6. The van der Waals surface area contributed by atoms with Gasteiger partial charge < -0.3 is 0 Å². The van der Waals surface area contributed by atoms with Crippen molar-refractivity contribution in [2.75, 3.05) is 0 Å². The molecule has 2 fully saturated rings. The zero-order valence-electron chi connectivity index (χ0n) is 9.52. The van der Waals surface area contributed by atoms with Gasteiger partial charge in [-0.15, -0.1) is 0 Å². The molecule has 17 heavy (non-hydrogen) atoms. The van der Waals surface area contributed by atoms with Crippen molar-refractivity contribution in [1.82, 2.24) is 5.43 Å². The Bertz CT molecular complexity index is 162. The third-order valence-electron chi connectivity index (χ3n) is 1.51. The molecule has 2 saturated carbocycles. The molecule has 0 unspecified atom stereocenters. The van der Waals surface area contributed by atoms with E-state index in [1.165, 1.54) is 11.3 Å². The maximum Gasteiger partial charge on any atom is 0.126 e. The second kappa shape index (κ2) is 13.8. The molecule has 0 atom stereocenters. The van der Waals surface area contributed by atoms with Gasteiger partial charge in [0, 0.05) is 17.1 Å². The third-order valence-corrected chi connectivity index (χ3v) is 1.51. The Morgan fingerprint density at radius 1 is 1.06 bits per heavy atom. The first-order valence-electron chi connectivity index (χ1n) is 4.69. The molecule has 0 amide bonds. The number of nitrogens with one attached hydrogen (secondary N) is 1. The molecular weight excluding hydrogens is 260 g/mol. The average Bonchev–Trinajstić information content (AvgIpc) is 2.92. The van der Waals surface area contributed by atoms with E-state index < -0.39 is 5.03 Å². The van der Waals surface area contributed by atoms with Gasteiger partial charge in [0.25, 0.3) is 0 Å². The van der Waals surface area contributed by atoms with Gasteiger partial charge in [-0.1, -0.05) is 6.92 Å². The summed E-state index contributed by atoms with van der Waals surface area (Å²) >= 11 is 0. The molecule has 4 nitrogen and oxygen atoms in total. The summed E-state index contributed by atoms with van der Waals surface area (Å²) in [6, 6.07) is 0. The van der Waals surface area contributed by atoms with E-state index in [0.29, 0.717) is 0 Å². The first-order chi connectivity index (χ1) is 7.66. The zero-order chi connectivity index (χ0) is 12.2. The normalized spacial score (nSPS) is 18.0. The van der Waals surface area contributed by atoms with Crippen LogP contribution >= 0.6 is 0 Å². The van der Waals surface area contributed by atoms with E-state index in [2.05, 4.69) is 26.8 Å². The van der Waals surface area contributed by atoms with Crippen molar-refractivity contribution >= 4 is 0 Å². The minimum atomic E-state index is -0.736. The summed E-state index contributed by atoms with van der Waals surface area (Å²) in [6.45, 7) is 2.08. The molecular formula is C12H15FeN2O2-. The van der Waals surface area contributed by atoms with Crippen LogP contribution in [0.1, 0.15) is 6.92 Å². The van der Waals surface area contributed by atoms with Crippen LogP contribution in [-0.4, -0.2) is 5.03 Å². The van der Waals surface area contributed by atoms with Crippen LogP contribution < -0.4 is 5.43 Å². The maximum atomic E-state index is 9.00. The van der Waals surface area contributed by atoms with Crippen LogP contribution in [0.15, 0.2) is 0 Å². The van der Waals surface area contributed by atoms with E-state index in [1.54, 1.807) is 0 Å². The number of hydrazine groups is 1. The predicted octanol–water partition coefficient (Wildman–Crippen LogP) is 1.99. The van der Waals surface area contributed by atoms with Crippen molar-refractivity contribution in [3.8, 4) is 0 Å². The van der Waals surface area contributed by atoms with Gasteiger partial charge in [-0.25, -0.2) is 10.1 Å². The Balaban J connectivity index is 0. The molecule has 0 saturated heterocycles. The summed E-state index contributed by atoms with van der Waals surface area (Å²) in [5, 5.41) is 8.26. The molecule has 1 N–H and O–H groups in total. The fraction of sp³-hybridized carbons (Fsp3) is 0.0833. The predicted molar refractivity (Wildman–Crippen MR) is 63.1 cm³/mol. The van der Waals surface area contributed by atoms with E-state index in [0.717, 1.165) is 0 Å². The van der Waals surface area contributed by atoms with Crippen LogP contribution in [0.25, 0.3) is 0 Å². The van der Waals surface area contributed by atoms with Crippen LogP contribution in [0.5, 0.6) is 0 Å². The molecule has 2 aliphatic rings. The Hall–Kier alpha value is -0.281. The van der Waals surface area contributed by atoms with Gasteiger partial charge in [0.2, 0.25) is 0 Å². The minimum Gasteiger partial charge on any atom is -0.286 e. The van der Waals surface area contributed by atoms with E-state index in [-0.39, 0.29) is 17.1 Å². The standard InChI is InChI=1S/C6H7.C5H5.CH3N2O2.Fe/c1-6-4-2-3-5-6;1-2-4-5-3-1;1-2-3(4)5;/h2-5H,1H3;1-5H;2H,1H2;/q;;-1;. The molecule has 0 aromatic carbocycles. The Morgan fingerprint density at radius 2 is 1.35 bits per heavy atom. The summed E-state index contributed by atoms with van der Waals surface area (Å²) in [6.07, 6.45) is 18.2. The Kier molecular flexibility index (Phi) is 15.5. The van der Waals surface area contributed by atoms with Crippen LogP contribution in [-0.2, 0) is 17.1 Å². The molecule has 0 aliphatic heterocycles. The fourth-order valence-electron chi connectivity index (χ4n) is 0.791. The summed E-state index contributed by atoms with van der Waals surface area (Å²) in [7, 11) is 2.74. The third kappa shape index (κ3) is 15.7. The van der Waals surface area contributed by atoms with Crippen molar-refractivity contribution in [2.45, 2.75) is 6.92 Å². The van der Waals surface area contributed by atoms with Crippen molar-refractivity contribution in [3.05, 3.63) is 80.9 Å². The summed E-state index contributed by atoms with van der Waals surface area (Å²) in [4.78, 5) is 9.00. The van der Waals surface area contributed by atoms with Crippen LogP contribution in [0.2, 0.25) is 0 Å². The fourth-order valence-corrected chi connectivity index (χ4v) is 0.791. The van der Waals surface area contributed by atoms with Gasteiger partial charge in [-0.05, 0) is 63.7 Å². The second-order valence-electron chi connectivity index (χ2n) is 2.84. The van der Waals surface area contributed by atoms with Crippen molar-refractivity contribution in [2.24, 2.45) is 0 Å². The molecule has 0 spiro atoms. The van der Waals surface area contributed by atoms with Gasteiger partial charge >= 0.3 is 0 Å². The average molecular weight is 275 g/mol. The molecule has 10 radical (unpaired) electrons. The van der Waals surface area contributed by atoms with Crippen LogP contribution in [0, 0.1) is 80.9 Å². The first kappa shape index (κ1) is 19.1. The molecule has 0 aromatic rings. The largest absolute Gasteiger partial charge is 0.286 e. The molecule has 0 aromatic heterocycles. The van der Waals surface area contributed by atoms with Crippen LogP contribution in [0.4, 0.5) is 0 Å². The molecule has 5 heteroatoms. The van der Waals surface area contributed by atoms with Crippen molar-refractivity contribution in [3.63, 3.8) is 0 Å². The molecule has 0 bridgehead atoms. The van der Waals surface area contributed by atoms with Crippen molar-refractivity contribution < 1.29 is 22.1 Å². The minimum absolute atomic E-state index is 0. The van der Waals surface area contributed by atoms with E-state index in [9.17, 15) is 0 Å². The van der Waals surface area contributed by atoms with Gasteiger partial charge in [-0.3, -0.25) is 5.43 Å². The molecule has 0 heterocycles. The van der Waals surface area contributed by atoms with Crippen molar-refractivity contribution in [1.29, 1.82) is 0 Å². The maximum absolute atomic E-state index is 9.00. The molecule has 94 valence electrons. The summed E-state index contributed by atoms with van der Waals surface area (Å²) < 4.78 is 0.